The normalized spacial score (nSPS) is 13.5. The second kappa shape index (κ2) is 9.88. The Hall–Kier alpha value is -3.70. The molecule has 1 aliphatic rings. The van der Waals surface area contributed by atoms with Crippen molar-refractivity contribution in [3.05, 3.63) is 100 Å². The van der Waals surface area contributed by atoms with Gasteiger partial charge >= 0.3 is 0 Å². The lowest BCUT2D eigenvalue weighted by Gasteiger charge is -2.28. The first-order chi connectivity index (χ1) is 17.0. The van der Waals surface area contributed by atoms with Crippen LogP contribution in [0.5, 0.6) is 0 Å². The van der Waals surface area contributed by atoms with Gasteiger partial charge in [-0.15, -0.1) is 0 Å². The summed E-state index contributed by atoms with van der Waals surface area (Å²) in [5.41, 5.74) is 9.36. The van der Waals surface area contributed by atoms with E-state index in [2.05, 4.69) is 63.0 Å². The van der Waals surface area contributed by atoms with Crippen molar-refractivity contribution in [2.75, 3.05) is 25.0 Å². The summed E-state index contributed by atoms with van der Waals surface area (Å²) in [6.07, 6.45) is 1.07. The largest absolute Gasteiger partial charge is 0.355 e. The fraction of sp³-hybridized carbons (Fsp3) is 0.267. The van der Waals surface area contributed by atoms with E-state index < -0.39 is 0 Å². The van der Waals surface area contributed by atoms with E-state index in [0.717, 1.165) is 70.7 Å². The van der Waals surface area contributed by atoms with Crippen LogP contribution in [-0.2, 0) is 13.0 Å². The second-order valence-corrected chi connectivity index (χ2v) is 9.43. The molecule has 4 aromatic rings. The lowest BCUT2D eigenvalue weighted by molar-refractivity contribution is 0.0946. The van der Waals surface area contributed by atoms with Gasteiger partial charge in [-0.2, -0.15) is 0 Å². The molecule has 0 atom stereocenters. The summed E-state index contributed by atoms with van der Waals surface area (Å²) in [5.74, 6) is -0.0168. The molecule has 5 heteroatoms. The van der Waals surface area contributed by atoms with Crippen molar-refractivity contribution in [1.29, 1.82) is 0 Å². The molecule has 2 N–H and O–H groups in total. The fourth-order valence-electron chi connectivity index (χ4n) is 5.05. The van der Waals surface area contributed by atoms with Crippen molar-refractivity contribution in [1.82, 2.24) is 15.2 Å². The van der Waals surface area contributed by atoms with Crippen molar-refractivity contribution in [3.8, 4) is 0 Å². The molecule has 0 radical (unpaired) electrons. The molecule has 3 aromatic carbocycles. The van der Waals surface area contributed by atoms with Crippen LogP contribution < -0.4 is 10.6 Å². The van der Waals surface area contributed by atoms with Crippen LogP contribution in [0.3, 0.4) is 0 Å². The van der Waals surface area contributed by atoms with Gasteiger partial charge in [-0.05, 0) is 67.6 Å². The van der Waals surface area contributed by atoms with E-state index in [-0.39, 0.29) is 5.91 Å². The highest BCUT2D eigenvalue weighted by molar-refractivity contribution is 5.99. The first-order valence-corrected chi connectivity index (χ1v) is 12.3. The number of hydrogen-bond acceptors (Lipinski definition) is 4. The zero-order valence-electron chi connectivity index (χ0n) is 20.7. The topological polar surface area (TPSA) is 57.3 Å². The summed E-state index contributed by atoms with van der Waals surface area (Å²) in [6, 6.07) is 22.9. The van der Waals surface area contributed by atoms with Crippen molar-refractivity contribution in [2.45, 2.75) is 33.7 Å². The van der Waals surface area contributed by atoms with Crippen molar-refractivity contribution in [3.63, 3.8) is 0 Å². The number of fused-ring (bicyclic) bond motifs is 2. The molecule has 0 bridgehead atoms. The molecule has 5 nitrogen and oxygen atoms in total. The Kier molecular flexibility index (Phi) is 6.51. The molecule has 1 amide bonds. The monoisotopic (exact) mass is 464 g/mol. The molecule has 0 spiro atoms. The summed E-state index contributed by atoms with van der Waals surface area (Å²) in [5, 5.41) is 7.79. The highest BCUT2D eigenvalue weighted by Gasteiger charge is 2.18. The number of carbonyl (C=O) groups is 1. The minimum atomic E-state index is -0.0168. The maximum absolute atomic E-state index is 13.2. The first kappa shape index (κ1) is 23.1. The van der Waals surface area contributed by atoms with Crippen LogP contribution in [0.1, 0.15) is 38.3 Å². The minimum Gasteiger partial charge on any atom is -0.355 e. The molecule has 35 heavy (non-hydrogen) atoms. The predicted molar refractivity (Wildman–Crippen MR) is 143 cm³/mol. The average Bonchev–Trinajstić information content (AvgIpc) is 2.85. The van der Waals surface area contributed by atoms with E-state index in [0.29, 0.717) is 6.54 Å². The van der Waals surface area contributed by atoms with Crippen LogP contribution in [0.2, 0.25) is 0 Å². The Morgan fingerprint density at radius 1 is 0.943 bits per heavy atom. The lowest BCUT2D eigenvalue weighted by atomic mass is 9.99. The van der Waals surface area contributed by atoms with Gasteiger partial charge in [0.1, 0.15) is 0 Å². The van der Waals surface area contributed by atoms with E-state index in [4.69, 9.17) is 0 Å². The van der Waals surface area contributed by atoms with Crippen molar-refractivity contribution < 1.29 is 4.79 Å². The minimum absolute atomic E-state index is 0.0168. The number of aryl methyl sites for hydroxylation is 2. The lowest BCUT2D eigenvalue weighted by Crippen LogP contribution is -2.38. The second-order valence-electron chi connectivity index (χ2n) is 9.43. The number of nitrogens with zero attached hydrogens (tertiary/aromatic N) is 2. The van der Waals surface area contributed by atoms with Gasteiger partial charge in [-0.25, -0.2) is 0 Å². The molecule has 1 aliphatic heterocycles. The van der Waals surface area contributed by atoms with E-state index in [1.807, 2.05) is 45.0 Å². The number of nitrogens with one attached hydrogen (secondary N) is 2. The number of aromatic nitrogens is 1. The van der Waals surface area contributed by atoms with E-state index >= 15 is 0 Å². The molecule has 2 heterocycles. The number of carbonyl (C=O) groups excluding carboxylic acids is 1. The molecule has 0 unspecified atom stereocenters. The Balaban J connectivity index is 1.29. The number of hydrogen-bond donors (Lipinski definition) is 2. The van der Waals surface area contributed by atoms with Gasteiger partial charge in [0.2, 0.25) is 0 Å². The summed E-state index contributed by atoms with van der Waals surface area (Å²) >= 11 is 0. The number of para-hydroxylation sites is 1. The van der Waals surface area contributed by atoms with E-state index in [1.54, 1.807) is 0 Å². The maximum Gasteiger partial charge on any atom is 0.251 e. The summed E-state index contributed by atoms with van der Waals surface area (Å²) in [4.78, 5) is 20.3. The van der Waals surface area contributed by atoms with Crippen molar-refractivity contribution in [2.24, 2.45) is 0 Å². The van der Waals surface area contributed by atoms with Gasteiger partial charge in [-0.3, -0.25) is 14.7 Å². The molecule has 5 rings (SSSR count). The quantitative estimate of drug-likeness (QED) is 0.385. The number of benzene rings is 3. The SMILES string of the molecule is Cc1cc(Nc2ccc(C)c(C(=O)NCCN3CCc4ccccc4C3)c2C)c2ccccc2n1. The van der Waals surface area contributed by atoms with E-state index in [9.17, 15) is 4.79 Å². The van der Waals surface area contributed by atoms with Gasteiger partial charge in [-0.1, -0.05) is 48.5 Å². The highest BCUT2D eigenvalue weighted by atomic mass is 16.1. The number of anilines is 2. The van der Waals surface area contributed by atoms with Crippen molar-refractivity contribution >= 4 is 28.2 Å². The van der Waals surface area contributed by atoms with Crippen LogP contribution in [0.4, 0.5) is 11.4 Å². The van der Waals surface area contributed by atoms with Gasteiger partial charge in [0.25, 0.3) is 5.91 Å². The standard InChI is InChI=1S/C30H32N4O/c1-20-12-13-26(33-28-18-21(2)32-27-11-7-6-10-25(27)28)22(3)29(20)30(35)31-15-17-34-16-14-23-8-4-5-9-24(23)19-34/h4-13,18H,14-17,19H2,1-3H3,(H,31,35)(H,32,33). The predicted octanol–water partition coefficient (Wildman–Crippen LogP) is 5.69. The zero-order valence-corrected chi connectivity index (χ0v) is 20.7. The summed E-state index contributed by atoms with van der Waals surface area (Å²) in [7, 11) is 0. The third kappa shape index (κ3) is 4.91. The Labute approximate surface area is 207 Å². The Morgan fingerprint density at radius 2 is 1.71 bits per heavy atom. The maximum atomic E-state index is 13.2. The Morgan fingerprint density at radius 3 is 2.57 bits per heavy atom. The first-order valence-electron chi connectivity index (χ1n) is 12.3. The molecular weight excluding hydrogens is 432 g/mol. The molecule has 0 aliphatic carbocycles. The third-order valence-electron chi connectivity index (χ3n) is 6.94. The van der Waals surface area contributed by atoms with E-state index in [1.165, 1.54) is 11.1 Å². The van der Waals surface area contributed by atoms with Gasteiger partial charge in [0.05, 0.1) is 5.52 Å². The zero-order chi connectivity index (χ0) is 24.4. The number of pyridine rings is 1. The summed E-state index contributed by atoms with van der Waals surface area (Å²) in [6.45, 7) is 9.47. The smallest absolute Gasteiger partial charge is 0.251 e. The number of rotatable bonds is 6. The molecule has 0 saturated carbocycles. The highest BCUT2D eigenvalue weighted by Crippen LogP contribution is 2.30. The fourth-order valence-corrected chi connectivity index (χ4v) is 5.05. The van der Waals surface area contributed by atoms with Crippen LogP contribution >= 0.6 is 0 Å². The number of amides is 1. The molecule has 0 fully saturated rings. The molecule has 0 saturated heterocycles. The third-order valence-corrected chi connectivity index (χ3v) is 6.94. The van der Waals surface area contributed by atoms with Gasteiger partial charge < -0.3 is 10.6 Å². The van der Waals surface area contributed by atoms with Crippen LogP contribution in [-0.4, -0.2) is 35.4 Å². The molecule has 178 valence electrons. The molecular formula is C30H32N4O. The van der Waals surface area contributed by atoms with Crippen LogP contribution in [0.25, 0.3) is 10.9 Å². The summed E-state index contributed by atoms with van der Waals surface area (Å²) < 4.78 is 0. The Bertz CT molecular complexity index is 1390. The average molecular weight is 465 g/mol. The molecule has 1 aromatic heterocycles. The van der Waals surface area contributed by atoms with Crippen LogP contribution in [0, 0.1) is 20.8 Å². The van der Waals surface area contributed by atoms with Crippen LogP contribution in [0.15, 0.2) is 66.7 Å². The van der Waals surface area contributed by atoms with Gasteiger partial charge in [0.15, 0.2) is 0 Å². The van der Waals surface area contributed by atoms with Gasteiger partial charge in [0, 0.05) is 54.2 Å².